The Morgan fingerprint density at radius 2 is 1.88 bits per heavy atom. The molecule has 2 heterocycles. The van der Waals surface area contributed by atoms with E-state index in [1.807, 2.05) is 44.2 Å². The van der Waals surface area contributed by atoms with Gasteiger partial charge in [0.2, 0.25) is 5.88 Å². The highest BCUT2D eigenvalue weighted by Gasteiger charge is 2.18. The summed E-state index contributed by atoms with van der Waals surface area (Å²) in [5, 5.41) is 4.59. The fraction of sp³-hybridized carbons (Fsp3) is 0.167. The Morgan fingerprint density at radius 1 is 1.12 bits per heavy atom. The first kappa shape index (κ1) is 21.7. The van der Waals surface area contributed by atoms with Gasteiger partial charge in [0.1, 0.15) is 11.0 Å². The maximum absolute atomic E-state index is 13.7. The molecule has 0 bridgehead atoms. The highest BCUT2D eigenvalue weighted by atomic mass is 79.9. The van der Waals surface area contributed by atoms with Crippen molar-refractivity contribution in [3.8, 4) is 22.7 Å². The minimum absolute atomic E-state index is 0.0437. The van der Waals surface area contributed by atoms with Crippen molar-refractivity contribution in [2.75, 3.05) is 12.8 Å². The minimum atomic E-state index is -0.293. The molecule has 2 aromatic heterocycles. The third kappa shape index (κ3) is 4.27. The fourth-order valence-electron chi connectivity index (χ4n) is 3.36. The molecule has 4 rings (SSSR count). The Bertz CT molecular complexity index is 1380. The van der Waals surface area contributed by atoms with E-state index in [0.29, 0.717) is 39.4 Å². The Balaban J connectivity index is 2.02. The molecule has 2 aromatic carbocycles. The summed E-state index contributed by atoms with van der Waals surface area (Å²) in [7, 11) is 1.67. The molecule has 0 aliphatic heterocycles. The van der Waals surface area contributed by atoms with Crippen molar-refractivity contribution in [2.45, 2.75) is 20.0 Å². The smallest absolute Gasteiger partial charge is 0.281 e. The molecule has 0 unspecified atom stereocenters. The zero-order chi connectivity index (χ0) is 22.8. The van der Waals surface area contributed by atoms with Crippen molar-refractivity contribution in [3.05, 3.63) is 75.0 Å². The second-order valence-corrected chi connectivity index (χ2v) is 8.40. The maximum atomic E-state index is 13.7. The molecule has 4 aromatic rings. The van der Waals surface area contributed by atoms with Crippen molar-refractivity contribution >= 4 is 38.9 Å². The number of fused-ring (bicyclic) bond motifs is 1. The van der Waals surface area contributed by atoms with Gasteiger partial charge in [0.05, 0.1) is 17.4 Å². The molecule has 0 aliphatic carbocycles. The van der Waals surface area contributed by atoms with Crippen LogP contribution >= 0.6 is 15.9 Å². The third-order valence-corrected chi connectivity index (χ3v) is 5.30. The zero-order valence-corrected chi connectivity index (χ0v) is 19.5. The van der Waals surface area contributed by atoms with Crippen LogP contribution in [-0.2, 0) is 0 Å². The first-order valence-electron chi connectivity index (χ1n) is 10.1. The van der Waals surface area contributed by atoms with Crippen LogP contribution in [0.5, 0.6) is 5.88 Å². The van der Waals surface area contributed by atoms with Crippen LogP contribution < -0.4 is 16.0 Å². The van der Waals surface area contributed by atoms with Crippen molar-refractivity contribution in [1.29, 1.82) is 0 Å². The van der Waals surface area contributed by atoms with Gasteiger partial charge in [-0.3, -0.25) is 9.79 Å². The lowest BCUT2D eigenvalue weighted by atomic mass is 10.1. The van der Waals surface area contributed by atoms with E-state index < -0.39 is 0 Å². The monoisotopic (exact) mass is 491 g/mol. The predicted octanol–water partition coefficient (Wildman–Crippen LogP) is 4.63. The number of hydrogen-bond donors (Lipinski definition) is 1. The van der Waals surface area contributed by atoms with Gasteiger partial charge in [0.25, 0.3) is 5.56 Å². The number of hydrogen-bond acceptors (Lipinski definition) is 6. The van der Waals surface area contributed by atoms with Gasteiger partial charge in [-0.1, -0.05) is 28.1 Å². The lowest BCUT2D eigenvalue weighted by Crippen LogP contribution is -2.24. The van der Waals surface area contributed by atoms with Crippen LogP contribution in [0.1, 0.15) is 19.4 Å². The van der Waals surface area contributed by atoms with Crippen LogP contribution in [0, 0.1) is 0 Å². The van der Waals surface area contributed by atoms with E-state index in [1.54, 1.807) is 37.5 Å². The SMILES string of the molecule is CN=Cc1cc(-n2nc3ccc(OC(C)C)nc3c(-c3ccc(Br)cc3)c2=O)ccc1N. The Labute approximate surface area is 193 Å². The second kappa shape index (κ2) is 8.92. The Morgan fingerprint density at radius 3 is 2.56 bits per heavy atom. The molecule has 0 spiro atoms. The molecular weight excluding hydrogens is 470 g/mol. The van der Waals surface area contributed by atoms with Crippen molar-refractivity contribution < 1.29 is 4.74 Å². The molecule has 7 nitrogen and oxygen atoms in total. The van der Waals surface area contributed by atoms with Gasteiger partial charge in [0.15, 0.2) is 0 Å². The number of anilines is 1. The lowest BCUT2D eigenvalue weighted by Gasteiger charge is -2.14. The highest BCUT2D eigenvalue weighted by molar-refractivity contribution is 9.10. The van der Waals surface area contributed by atoms with E-state index in [2.05, 4.69) is 31.0 Å². The molecule has 2 N–H and O–H groups in total. The first-order chi connectivity index (χ1) is 15.4. The number of nitrogen functional groups attached to an aromatic ring is 1. The number of halogens is 1. The van der Waals surface area contributed by atoms with Crippen LogP contribution in [0.2, 0.25) is 0 Å². The number of aliphatic imine (C=N–C) groups is 1. The van der Waals surface area contributed by atoms with Crippen LogP contribution in [0.15, 0.2) is 68.9 Å². The summed E-state index contributed by atoms with van der Waals surface area (Å²) >= 11 is 3.45. The van der Waals surface area contributed by atoms with E-state index in [1.165, 1.54) is 4.68 Å². The summed E-state index contributed by atoms with van der Waals surface area (Å²) in [6.07, 6.45) is 1.61. The zero-order valence-electron chi connectivity index (χ0n) is 17.9. The average Bonchev–Trinajstić information content (AvgIpc) is 2.76. The lowest BCUT2D eigenvalue weighted by molar-refractivity contribution is 0.233. The van der Waals surface area contributed by atoms with E-state index >= 15 is 0 Å². The number of aromatic nitrogens is 3. The van der Waals surface area contributed by atoms with Gasteiger partial charge >= 0.3 is 0 Å². The second-order valence-electron chi connectivity index (χ2n) is 7.48. The molecule has 0 saturated carbocycles. The molecule has 0 amide bonds. The molecule has 0 radical (unpaired) electrons. The summed E-state index contributed by atoms with van der Waals surface area (Å²) in [4.78, 5) is 22.4. The van der Waals surface area contributed by atoms with E-state index in [-0.39, 0.29) is 11.7 Å². The third-order valence-electron chi connectivity index (χ3n) is 4.77. The standard InChI is InChI=1S/C24H22BrN5O2/c1-14(2)32-21-11-10-20-23(28-21)22(15-4-6-17(25)7-5-15)24(31)30(29-20)18-8-9-19(26)16(12-18)13-27-3/h4-14H,26H2,1-3H3. The molecule has 32 heavy (non-hydrogen) atoms. The van der Waals surface area contributed by atoms with Crippen LogP contribution in [0.3, 0.4) is 0 Å². The number of nitrogens with two attached hydrogens (primary N) is 1. The number of benzene rings is 2. The summed E-state index contributed by atoms with van der Waals surface area (Å²) in [5.74, 6) is 0.443. The average molecular weight is 492 g/mol. The van der Waals surface area contributed by atoms with Crippen LogP contribution in [-0.4, -0.2) is 34.1 Å². The van der Waals surface area contributed by atoms with Gasteiger partial charge in [0, 0.05) is 35.1 Å². The molecule has 0 fully saturated rings. The molecular formula is C24H22BrN5O2. The topological polar surface area (TPSA) is 95.4 Å². The van der Waals surface area contributed by atoms with E-state index in [0.717, 1.165) is 10.0 Å². The maximum Gasteiger partial charge on any atom is 0.281 e. The minimum Gasteiger partial charge on any atom is -0.475 e. The van der Waals surface area contributed by atoms with E-state index in [4.69, 9.17) is 10.5 Å². The van der Waals surface area contributed by atoms with Crippen LogP contribution in [0.4, 0.5) is 5.69 Å². The van der Waals surface area contributed by atoms with Crippen molar-refractivity contribution in [1.82, 2.24) is 14.8 Å². The first-order valence-corrected chi connectivity index (χ1v) is 10.9. The van der Waals surface area contributed by atoms with Gasteiger partial charge in [-0.05, 0) is 55.8 Å². The Kier molecular flexibility index (Phi) is 6.05. The molecule has 0 atom stereocenters. The summed E-state index contributed by atoms with van der Waals surface area (Å²) in [5.41, 5.74) is 9.85. The van der Waals surface area contributed by atoms with Crippen LogP contribution in [0.25, 0.3) is 27.8 Å². The van der Waals surface area contributed by atoms with Gasteiger partial charge < -0.3 is 10.5 Å². The normalized spacial score (nSPS) is 11.5. The van der Waals surface area contributed by atoms with Gasteiger partial charge in [-0.25, -0.2) is 4.98 Å². The number of nitrogens with zero attached hydrogens (tertiary/aromatic N) is 4. The number of rotatable bonds is 5. The number of ether oxygens (including phenoxy) is 1. The fourth-order valence-corrected chi connectivity index (χ4v) is 3.63. The number of pyridine rings is 1. The highest BCUT2D eigenvalue weighted by Crippen LogP contribution is 2.27. The molecule has 0 saturated heterocycles. The summed E-state index contributed by atoms with van der Waals surface area (Å²) in [6, 6.07) is 16.4. The van der Waals surface area contributed by atoms with E-state index in [9.17, 15) is 4.79 Å². The quantitative estimate of drug-likeness (QED) is 0.324. The Hall–Kier alpha value is -3.52. The summed E-state index contributed by atoms with van der Waals surface area (Å²) < 4.78 is 8.05. The summed E-state index contributed by atoms with van der Waals surface area (Å²) in [6.45, 7) is 3.85. The van der Waals surface area contributed by atoms with Crippen molar-refractivity contribution in [2.24, 2.45) is 4.99 Å². The largest absolute Gasteiger partial charge is 0.475 e. The molecule has 162 valence electrons. The molecule has 8 heteroatoms. The van der Waals surface area contributed by atoms with Gasteiger partial charge in [-0.15, -0.1) is 0 Å². The predicted molar refractivity (Wildman–Crippen MR) is 132 cm³/mol. The van der Waals surface area contributed by atoms with Gasteiger partial charge in [-0.2, -0.15) is 9.78 Å². The molecule has 0 aliphatic rings. The van der Waals surface area contributed by atoms with Crippen molar-refractivity contribution in [3.63, 3.8) is 0 Å².